The van der Waals surface area contributed by atoms with Crippen molar-refractivity contribution in [1.82, 2.24) is 0 Å². The Kier molecular flexibility index (Phi) is 2.91. The molecule has 0 heteroatoms. The molecular formula is C14H26. The molecule has 0 aliphatic heterocycles. The van der Waals surface area contributed by atoms with Gasteiger partial charge in [-0.2, -0.15) is 0 Å². The van der Waals surface area contributed by atoms with Crippen molar-refractivity contribution < 1.29 is 0 Å². The molecule has 1 spiro atoms. The van der Waals surface area contributed by atoms with Gasteiger partial charge in [-0.15, -0.1) is 0 Å². The summed E-state index contributed by atoms with van der Waals surface area (Å²) >= 11 is 0. The summed E-state index contributed by atoms with van der Waals surface area (Å²) in [5.41, 5.74) is 0.865. The van der Waals surface area contributed by atoms with Gasteiger partial charge in [0.1, 0.15) is 0 Å². The highest BCUT2D eigenvalue weighted by molar-refractivity contribution is 5.05. The quantitative estimate of drug-likeness (QED) is 0.611. The Morgan fingerprint density at radius 2 is 1.93 bits per heavy atom. The van der Waals surface area contributed by atoms with Crippen molar-refractivity contribution in [3.05, 3.63) is 0 Å². The zero-order valence-corrected chi connectivity index (χ0v) is 10.2. The maximum Gasteiger partial charge on any atom is -0.0266 e. The predicted octanol–water partition coefficient (Wildman–Crippen LogP) is 4.64. The van der Waals surface area contributed by atoms with Gasteiger partial charge in [0.05, 0.1) is 0 Å². The lowest BCUT2D eigenvalue weighted by Gasteiger charge is -2.27. The first-order valence-corrected chi connectivity index (χ1v) is 6.69. The molecule has 14 heavy (non-hydrogen) atoms. The lowest BCUT2D eigenvalue weighted by molar-refractivity contribution is 0.219. The fourth-order valence-electron chi connectivity index (χ4n) is 3.82. The Morgan fingerprint density at radius 1 is 1.21 bits per heavy atom. The molecule has 0 aromatic carbocycles. The van der Waals surface area contributed by atoms with E-state index in [1.807, 2.05) is 0 Å². The zero-order valence-electron chi connectivity index (χ0n) is 10.2. The zero-order chi connectivity index (χ0) is 10.2. The molecule has 0 nitrogen and oxygen atoms in total. The van der Waals surface area contributed by atoms with E-state index in [1.54, 1.807) is 19.3 Å². The van der Waals surface area contributed by atoms with Crippen LogP contribution in [-0.2, 0) is 0 Å². The van der Waals surface area contributed by atoms with Crippen molar-refractivity contribution in [2.45, 2.75) is 65.7 Å². The molecule has 2 atom stereocenters. The molecule has 0 amide bonds. The second kappa shape index (κ2) is 3.87. The second-order valence-electron chi connectivity index (χ2n) is 6.06. The van der Waals surface area contributed by atoms with Crippen LogP contribution in [0.3, 0.4) is 0 Å². The lowest BCUT2D eigenvalue weighted by atomic mass is 9.78. The van der Waals surface area contributed by atoms with Crippen molar-refractivity contribution in [1.29, 1.82) is 0 Å². The fourth-order valence-corrected chi connectivity index (χ4v) is 3.82. The minimum atomic E-state index is 0.865. The van der Waals surface area contributed by atoms with Gasteiger partial charge < -0.3 is 0 Å². The molecular weight excluding hydrogens is 168 g/mol. The van der Waals surface area contributed by atoms with E-state index in [0.717, 1.165) is 23.2 Å². The van der Waals surface area contributed by atoms with Crippen LogP contribution in [0.1, 0.15) is 65.7 Å². The molecule has 0 aromatic rings. The summed E-state index contributed by atoms with van der Waals surface area (Å²) in [5.74, 6) is 3.09. The number of rotatable bonds is 4. The summed E-state index contributed by atoms with van der Waals surface area (Å²) in [6.07, 6.45) is 10.6. The van der Waals surface area contributed by atoms with Gasteiger partial charge in [-0.1, -0.05) is 33.6 Å². The van der Waals surface area contributed by atoms with E-state index in [-0.39, 0.29) is 0 Å². The predicted molar refractivity (Wildman–Crippen MR) is 62.2 cm³/mol. The average molecular weight is 194 g/mol. The summed E-state index contributed by atoms with van der Waals surface area (Å²) in [5, 5.41) is 0. The van der Waals surface area contributed by atoms with Crippen LogP contribution in [0.5, 0.6) is 0 Å². The molecule has 2 aliphatic rings. The van der Waals surface area contributed by atoms with E-state index in [2.05, 4.69) is 20.8 Å². The normalized spacial score (nSPS) is 34.3. The third-order valence-corrected chi connectivity index (χ3v) is 4.90. The topological polar surface area (TPSA) is 0 Å². The molecule has 0 bridgehead atoms. The maximum atomic E-state index is 2.44. The standard InChI is InChI=1S/C14H26/c1-4-5-6-13-12(11(2)3)7-8-14(13)9-10-14/h11-13H,4-10H2,1-3H3. The Labute approximate surface area is 89.5 Å². The summed E-state index contributed by atoms with van der Waals surface area (Å²) in [4.78, 5) is 0. The number of hydrogen-bond acceptors (Lipinski definition) is 0. The van der Waals surface area contributed by atoms with Crippen LogP contribution in [-0.4, -0.2) is 0 Å². The van der Waals surface area contributed by atoms with Gasteiger partial charge in [0.15, 0.2) is 0 Å². The lowest BCUT2D eigenvalue weighted by Crippen LogP contribution is -2.20. The molecule has 0 N–H and O–H groups in total. The fraction of sp³-hybridized carbons (Fsp3) is 1.00. The van der Waals surface area contributed by atoms with Gasteiger partial charge >= 0.3 is 0 Å². The molecule has 2 aliphatic carbocycles. The van der Waals surface area contributed by atoms with Gasteiger partial charge in [0, 0.05) is 0 Å². The molecule has 2 unspecified atom stereocenters. The Hall–Kier alpha value is 0. The number of unbranched alkanes of at least 4 members (excludes halogenated alkanes) is 1. The molecule has 82 valence electrons. The molecule has 2 rings (SSSR count). The van der Waals surface area contributed by atoms with Crippen LogP contribution < -0.4 is 0 Å². The van der Waals surface area contributed by atoms with Crippen LogP contribution in [0.4, 0.5) is 0 Å². The minimum Gasteiger partial charge on any atom is -0.0654 e. The SMILES string of the molecule is CCCCC1C(C(C)C)CCC12CC2. The third kappa shape index (κ3) is 1.73. The summed E-state index contributed by atoms with van der Waals surface area (Å²) in [6.45, 7) is 7.20. The van der Waals surface area contributed by atoms with Crippen LogP contribution >= 0.6 is 0 Å². The average Bonchev–Trinajstić information content (AvgIpc) is 2.79. The van der Waals surface area contributed by atoms with E-state index in [9.17, 15) is 0 Å². The van der Waals surface area contributed by atoms with Gasteiger partial charge in [-0.05, 0) is 55.3 Å². The third-order valence-electron chi connectivity index (χ3n) is 4.90. The van der Waals surface area contributed by atoms with Gasteiger partial charge in [-0.25, -0.2) is 0 Å². The summed E-state index contributed by atoms with van der Waals surface area (Å²) < 4.78 is 0. The van der Waals surface area contributed by atoms with E-state index < -0.39 is 0 Å². The first-order valence-electron chi connectivity index (χ1n) is 6.69. The van der Waals surface area contributed by atoms with Crippen molar-refractivity contribution in [2.75, 3.05) is 0 Å². The van der Waals surface area contributed by atoms with Crippen LogP contribution in [0, 0.1) is 23.2 Å². The molecule has 2 saturated carbocycles. The Morgan fingerprint density at radius 3 is 2.43 bits per heavy atom. The Bertz CT molecular complexity index is 188. The highest BCUT2D eigenvalue weighted by atomic mass is 14.6. The molecule has 0 heterocycles. The first-order chi connectivity index (χ1) is 6.69. The first kappa shape index (κ1) is 10.5. The molecule has 2 fully saturated rings. The number of hydrogen-bond donors (Lipinski definition) is 0. The van der Waals surface area contributed by atoms with Crippen molar-refractivity contribution in [2.24, 2.45) is 23.2 Å². The van der Waals surface area contributed by atoms with E-state index >= 15 is 0 Å². The monoisotopic (exact) mass is 194 g/mol. The van der Waals surface area contributed by atoms with E-state index in [0.29, 0.717) is 0 Å². The second-order valence-corrected chi connectivity index (χ2v) is 6.06. The van der Waals surface area contributed by atoms with Crippen LogP contribution in [0.15, 0.2) is 0 Å². The highest BCUT2D eigenvalue weighted by Gasteiger charge is 2.55. The van der Waals surface area contributed by atoms with Crippen molar-refractivity contribution in [3.8, 4) is 0 Å². The largest absolute Gasteiger partial charge is 0.0654 e. The molecule has 0 aromatic heterocycles. The van der Waals surface area contributed by atoms with E-state index in [4.69, 9.17) is 0 Å². The van der Waals surface area contributed by atoms with Gasteiger partial charge in [0.2, 0.25) is 0 Å². The van der Waals surface area contributed by atoms with Crippen LogP contribution in [0.2, 0.25) is 0 Å². The molecule has 0 radical (unpaired) electrons. The van der Waals surface area contributed by atoms with Gasteiger partial charge in [0.25, 0.3) is 0 Å². The smallest absolute Gasteiger partial charge is 0.0266 e. The maximum absolute atomic E-state index is 2.44. The van der Waals surface area contributed by atoms with Crippen molar-refractivity contribution >= 4 is 0 Å². The Balaban J connectivity index is 1.98. The van der Waals surface area contributed by atoms with Crippen LogP contribution in [0.25, 0.3) is 0 Å². The summed E-state index contributed by atoms with van der Waals surface area (Å²) in [6, 6.07) is 0. The highest BCUT2D eigenvalue weighted by Crippen LogP contribution is 2.65. The van der Waals surface area contributed by atoms with Crippen molar-refractivity contribution in [3.63, 3.8) is 0 Å². The molecule has 0 saturated heterocycles. The van der Waals surface area contributed by atoms with E-state index in [1.165, 1.54) is 25.7 Å². The summed E-state index contributed by atoms with van der Waals surface area (Å²) in [7, 11) is 0. The van der Waals surface area contributed by atoms with Gasteiger partial charge in [-0.3, -0.25) is 0 Å². The minimum absolute atomic E-state index is 0.865.